The first-order valence-corrected chi connectivity index (χ1v) is 10.2. The predicted octanol–water partition coefficient (Wildman–Crippen LogP) is 4.48. The summed E-state index contributed by atoms with van der Waals surface area (Å²) in [6.45, 7) is 11.6. The van der Waals surface area contributed by atoms with E-state index in [1.165, 1.54) is 4.80 Å². The Labute approximate surface area is 182 Å². The van der Waals surface area contributed by atoms with Gasteiger partial charge in [0.15, 0.2) is 0 Å². The van der Waals surface area contributed by atoms with Crippen molar-refractivity contribution in [1.29, 1.82) is 0 Å². The Kier molecular flexibility index (Phi) is 6.34. The summed E-state index contributed by atoms with van der Waals surface area (Å²) >= 11 is 0. The largest absolute Gasteiger partial charge is 0.505 e. The summed E-state index contributed by atoms with van der Waals surface area (Å²) in [7, 11) is 1.60. The van der Waals surface area contributed by atoms with Gasteiger partial charge >= 0.3 is 5.97 Å². The number of methoxy groups -OCH3 is 1. The normalized spacial score (nSPS) is 11.5. The molecule has 164 valence electrons. The van der Waals surface area contributed by atoms with Gasteiger partial charge in [0.1, 0.15) is 28.2 Å². The second-order valence-electron chi connectivity index (χ2n) is 8.63. The average molecular weight is 424 g/mol. The van der Waals surface area contributed by atoms with E-state index in [4.69, 9.17) is 9.47 Å². The lowest BCUT2D eigenvalue weighted by Gasteiger charge is -2.23. The second-order valence-corrected chi connectivity index (χ2v) is 8.63. The van der Waals surface area contributed by atoms with E-state index in [1.54, 1.807) is 20.1 Å². The fourth-order valence-electron chi connectivity index (χ4n) is 3.24. The number of benzene rings is 2. The molecule has 0 aliphatic rings. The van der Waals surface area contributed by atoms with Gasteiger partial charge in [-0.15, -0.1) is 15.0 Å². The summed E-state index contributed by atoms with van der Waals surface area (Å²) < 4.78 is 10.5. The number of phenolic OH excluding ortho intramolecular Hbond substituents is 1. The lowest BCUT2D eigenvalue weighted by molar-refractivity contribution is -0.139. The molecule has 7 nitrogen and oxygen atoms in total. The number of nitrogens with zero attached hydrogens (tertiary/aromatic N) is 3. The molecule has 0 saturated carbocycles. The van der Waals surface area contributed by atoms with Crippen LogP contribution in [0.1, 0.15) is 45.2 Å². The van der Waals surface area contributed by atoms with Crippen molar-refractivity contribution in [3.05, 3.63) is 53.6 Å². The highest BCUT2D eigenvalue weighted by Crippen LogP contribution is 2.36. The van der Waals surface area contributed by atoms with Crippen LogP contribution in [0.3, 0.4) is 0 Å². The molecule has 1 N–H and O–H groups in total. The lowest BCUT2D eigenvalue weighted by atomic mass is 9.84. The van der Waals surface area contributed by atoms with Crippen molar-refractivity contribution in [3.63, 3.8) is 0 Å². The Balaban J connectivity index is 1.94. The van der Waals surface area contributed by atoms with Crippen molar-refractivity contribution >= 4 is 17.0 Å². The third-order valence-corrected chi connectivity index (χ3v) is 4.95. The molecule has 0 amide bonds. The van der Waals surface area contributed by atoms with Crippen molar-refractivity contribution < 1.29 is 19.4 Å². The summed E-state index contributed by atoms with van der Waals surface area (Å²) in [5.41, 5.74) is 3.80. The fourth-order valence-corrected chi connectivity index (χ4v) is 3.24. The summed E-state index contributed by atoms with van der Waals surface area (Å²) in [4.78, 5) is 13.0. The van der Waals surface area contributed by atoms with E-state index in [0.717, 1.165) is 11.1 Å². The maximum atomic E-state index is 11.6. The number of carbonyl (C=O) groups excluding carboxylic acids is 1. The summed E-state index contributed by atoms with van der Waals surface area (Å²) in [6.07, 6.45) is 1.33. The van der Waals surface area contributed by atoms with E-state index in [1.807, 2.05) is 45.0 Å². The third-order valence-electron chi connectivity index (χ3n) is 4.95. The maximum absolute atomic E-state index is 11.6. The minimum atomic E-state index is -0.385. The van der Waals surface area contributed by atoms with Crippen LogP contribution in [-0.2, 0) is 21.4 Å². The zero-order chi connectivity index (χ0) is 22.8. The highest BCUT2D eigenvalue weighted by molar-refractivity contribution is 5.86. The number of aromatic hydroxyl groups is 1. The third kappa shape index (κ3) is 5.05. The predicted molar refractivity (Wildman–Crippen MR) is 120 cm³/mol. The highest BCUT2D eigenvalue weighted by atomic mass is 16.5. The first-order valence-electron chi connectivity index (χ1n) is 10.2. The summed E-state index contributed by atoms with van der Waals surface area (Å²) in [6, 6.07) is 9.33. The van der Waals surface area contributed by atoms with Crippen LogP contribution in [0.5, 0.6) is 11.5 Å². The quantitative estimate of drug-likeness (QED) is 0.342. The Morgan fingerprint density at radius 3 is 2.52 bits per heavy atom. The van der Waals surface area contributed by atoms with Gasteiger partial charge < -0.3 is 14.6 Å². The Morgan fingerprint density at radius 1 is 1.16 bits per heavy atom. The van der Waals surface area contributed by atoms with Crippen molar-refractivity contribution in [3.8, 4) is 17.2 Å². The number of rotatable bonds is 7. The number of ether oxygens (including phenoxy) is 2. The average Bonchev–Trinajstić information content (AvgIpc) is 3.13. The molecule has 1 aromatic heterocycles. The number of esters is 1. The van der Waals surface area contributed by atoms with Crippen LogP contribution in [0.15, 0.2) is 42.5 Å². The smallest absolute Gasteiger partial charge is 0.333 e. The highest BCUT2D eigenvalue weighted by Gasteiger charge is 2.23. The number of hydrogen-bond acceptors (Lipinski definition) is 6. The molecule has 0 spiro atoms. The molecule has 31 heavy (non-hydrogen) atoms. The van der Waals surface area contributed by atoms with Gasteiger partial charge in [-0.1, -0.05) is 33.4 Å². The van der Waals surface area contributed by atoms with Crippen molar-refractivity contribution in [2.75, 3.05) is 13.7 Å². The number of aromatic nitrogens is 3. The molecule has 0 atom stereocenters. The van der Waals surface area contributed by atoms with E-state index in [0.29, 0.717) is 47.5 Å². The van der Waals surface area contributed by atoms with E-state index in [-0.39, 0.29) is 17.1 Å². The Morgan fingerprint density at radius 2 is 1.87 bits per heavy atom. The van der Waals surface area contributed by atoms with Gasteiger partial charge in [-0.2, -0.15) is 0 Å². The van der Waals surface area contributed by atoms with Crippen molar-refractivity contribution in [1.82, 2.24) is 15.0 Å². The zero-order valence-corrected chi connectivity index (χ0v) is 18.7. The molecule has 0 bridgehead atoms. The summed E-state index contributed by atoms with van der Waals surface area (Å²) in [5, 5.41) is 20.1. The first kappa shape index (κ1) is 22.3. The molecule has 0 unspecified atom stereocenters. The fraction of sp³-hybridized carbons (Fsp3) is 0.375. The minimum absolute atomic E-state index is 0.150. The van der Waals surface area contributed by atoms with Crippen LogP contribution in [0.2, 0.25) is 0 Å². The molecule has 0 radical (unpaired) electrons. The molecule has 3 rings (SSSR count). The van der Waals surface area contributed by atoms with Gasteiger partial charge in [0.2, 0.25) is 0 Å². The van der Waals surface area contributed by atoms with Crippen molar-refractivity contribution in [2.45, 2.75) is 46.0 Å². The standard InChI is InChI=1S/C24H29N3O4/c1-15(2)23(29)31-11-7-8-16-12-18(24(3,4)5)22(28)21(13-16)27-25-19-10-9-17(30-6)14-20(19)26-27/h9-10,12-14,28H,1,7-8,11H2,2-6H3. The zero-order valence-electron chi connectivity index (χ0n) is 18.7. The topological polar surface area (TPSA) is 86.5 Å². The van der Waals surface area contributed by atoms with E-state index < -0.39 is 0 Å². The van der Waals surface area contributed by atoms with E-state index >= 15 is 0 Å². The van der Waals surface area contributed by atoms with E-state index in [9.17, 15) is 9.90 Å². The van der Waals surface area contributed by atoms with E-state index in [2.05, 4.69) is 16.8 Å². The summed E-state index contributed by atoms with van der Waals surface area (Å²) in [5.74, 6) is 0.457. The molecule has 2 aromatic carbocycles. The van der Waals surface area contributed by atoms with Gasteiger partial charge in [-0.3, -0.25) is 0 Å². The Hall–Kier alpha value is -3.35. The molecule has 1 heterocycles. The van der Waals surface area contributed by atoms with Crippen molar-refractivity contribution in [2.24, 2.45) is 0 Å². The molecule has 3 aromatic rings. The van der Waals surface area contributed by atoms with Gasteiger partial charge in [0.05, 0.1) is 13.7 Å². The molecule has 0 aliphatic carbocycles. The molecular formula is C24H29N3O4. The monoisotopic (exact) mass is 423 g/mol. The number of phenols is 1. The van der Waals surface area contributed by atoms with Crippen LogP contribution >= 0.6 is 0 Å². The minimum Gasteiger partial charge on any atom is -0.505 e. The van der Waals surface area contributed by atoms with Gasteiger partial charge in [0.25, 0.3) is 0 Å². The molecule has 0 saturated heterocycles. The molecule has 0 fully saturated rings. The number of aryl methyl sites for hydroxylation is 1. The van der Waals surface area contributed by atoms with Crippen LogP contribution in [0.4, 0.5) is 0 Å². The molecule has 7 heteroatoms. The molecular weight excluding hydrogens is 394 g/mol. The van der Waals surface area contributed by atoms with Crippen LogP contribution < -0.4 is 4.74 Å². The number of carbonyl (C=O) groups is 1. The maximum Gasteiger partial charge on any atom is 0.333 e. The van der Waals surface area contributed by atoms with Crippen LogP contribution in [0, 0.1) is 0 Å². The van der Waals surface area contributed by atoms with Crippen LogP contribution in [-0.4, -0.2) is 39.8 Å². The number of hydrogen-bond donors (Lipinski definition) is 1. The molecule has 0 aliphatic heterocycles. The van der Waals surface area contributed by atoms with Gasteiger partial charge in [-0.05, 0) is 48.9 Å². The van der Waals surface area contributed by atoms with Gasteiger partial charge in [-0.25, -0.2) is 4.79 Å². The SMILES string of the molecule is C=C(C)C(=O)OCCCc1cc(-n2nc3ccc(OC)cc3n2)c(O)c(C(C)(C)C)c1. The lowest BCUT2D eigenvalue weighted by Crippen LogP contribution is -2.14. The Bertz CT molecular complexity index is 1130. The first-order chi connectivity index (χ1) is 14.6. The van der Waals surface area contributed by atoms with Gasteiger partial charge in [0, 0.05) is 17.2 Å². The second kappa shape index (κ2) is 8.79. The number of fused-ring (bicyclic) bond motifs is 1. The van der Waals surface area contributed by atoms with Crippen LogP contribution in [0.25, 0.3) is 16.7 Å².